The summed E-state index contributed by atoms with van der Waals surface area (Å²) < 4.78 is 35.5. The molecule has 7 heteroatoms. The molecular weight excluding hydrogens is 213 g/mol. The predicted octanol–water partition coefficient (Wildman–Crippen LogP) is 1.67. The van der Waals surface area contributed by atoms with Crippen LogP contribution in [0.15, 0.2) is 12.3 Å². The van der Waals surface area contributed by atoms with E-state index in [1.54, 1.807) is 0 Å². The average molecular weight is 220 g/mol. The maximum atomic E-state index is 11.8. The van der Waals surface area contributed by atoms with Crippen LogP contribution in [0.25, 0.3) is 0 Å². The molecule has 0 aliphatic carbocycles. The summed E-state index contributed by atoms with van der Waals surface area (Å²) in [4.78, 5) is 17.5. The Balaban J connectivity index is 2.70. The number of hydrogen-bond acceptors (Lipinski definition) is 3. The van der Waals surface area contributed by atoms with Crippen molar-refractivity contribution < 1.29 is 23.1 Å². The summed E-state index contributed by atoms with van der Waals surface area (Å²) in [6.07, 6.45) is -4.63. The zero-order valence-electron chi connectivity index (χ0n) is 7.45. The second-order valence-electron chi connectivity index (χ2n) is 2.78. The quantitative estimate of drug-likeness (QED) is 0.841. The lowest BCUT2D eigenvalue weighted by molar-refractivity contribution is -0.134. The normalized spacial score (nSPS) is 11.4. The van der Waals surface area contributed by atoms with E-state index in [0.717, 1.165) is 12.3 Å². The lowest BCUT2D eigenvalue weighted by atomic mass is 10.3. The fourth-order valence-corrected chi connectivity index (χ4v) is 0.892. The molecule has 0 aromatic carbocycles. The van der Waals surface area contributed by atoms with E-state index in [9.17, 15) is 18.0 Å². The van der Waals surface area contributed by atoms with Gasteiger partial charge in [0.05, 0.1) is 6.42 Å². The van der Waals surface area contributed by atoms with E-state index in [0.29, 0.717) is 0 Å². The number of hydrogen-bond donors (Lipinski definition) is 1. The topological polar surface area (TPSA) is 63.1 Å². The van der Waals surface area contributed by atoms with E-state index in [-0.39, 0.29) is 11.5 Å². The molecule has 1 N–H and O–H groups in total. The first-order valence-corrected chi connectivity index (χ1v) is 4.00. The minimum absolute atomic E-state index is 0.118. The highest BCUT2D eigenvalue weighted by molar-refractivity contribution is 5.85. The van der Waals surface area contributed by atoms with E-state index < -0.39 is 25.0 Å². The summed E-state index contributed by atoms with van der Waals surface area (Å²) >= 11 is 0. The van der Waals surface area contributed by atoms with Crippen LogP contribution in [0.3, 0.4) is 0 Å². The number of alkyl halides is 3. The van der Waals surface area contributed by atoms with Gasteiger partial charge in [0.2, 0.25) is 0 Å². The van der Waals surface area contributed by atoms with Crippen LogP contribution in [0.4, 0.5) is 13.2 Å². The van der Waals surface area contributed by atoms with E-state index in [1.807, 2.05) is 0 Å². The Morgan fingerprint density at radius 3 is 2.67 bits per heavy atom. The van der Waals surface area contributed by atoms with Crippen LogP contribution >= 0.6 is 0 Å². The third-order valence-corrected chi connectivity index (χ3v) is 1.56. The van der Waals surface area contributed by atoms with E-state index in [2.05, 4.69) is 9.97 Å². The van der Waals surface area contributed by atoms with Gasteiger partial charge in [0.15, 0.2) is 5.69 Å². The van der Waals surface area contributed by atoms with Gasteiger partial charge in [0, 0.05) is 12.6 Å². The van der Waals surface area contributed by atoms with Gasteiger partial charge in [-0.05, 0) is 6.07 Å². The maximum Gasteiger partial charge on any atom is 0.389 e. The van der Waals surface area contributed by atoms with Crippen LogP contribution in [0.1, 0.15) is 22.7 Å². The van der Waals surface area contributed by atoms with Crippen molar-refractivity contribution in [1.29, 1.82) is 0 Å². The molecule has 0 saturated heterocycles. The highest BCUT2D eigenvalue weighted by Crippen LogP contribution is 2.20. The lowest BCUT2D eigenvalue weighted by Crippen LogP contribution is -2.11. The first-order valence-electron chi connectivity index (χ1n) is 4.00. The van der Waals surface area contributed by atoms with Crippen molar-refractivity contribution in [3.8, 4) is 0 Å². The number of halogens is 3. The predicted molar refractivity (Wildman–Crippen MR) is 43.4 cm³/mol. The van der Waals surface area contributed by atoms with Crippen LogP contribution in [-0.4, -0.2) is 27.2 Å². The minimum atomic E-state index is -4.29. The highest BCUT2D eigenvalue weighted by atomic mass is 19.4. The van der Waals surface area contributed by atoms with E-state index in [4.69, 9.17) is 5.11 Å². The van der Waals surface area contributed by atoms with Crippen molar-refractivity contribution in [2.24, 2.45) is 0 Å². The fraction of sp³-hybridized carbons (Fsp3) is 0.375. The Labute approximate surface area is 82.8 Å². The molecule has 1 rings (SSSR count). The van der Waals surface area contributed by atoms with Crippen molar-refractivity contribution in [2.75, 3.05) is 0 Å². The summed E-state index contributed by atoms with van der Waals surface area (Å²) in [5.74, 6) is -1.40. The molecule has 0 radical (unpaired) electrons. The van der Waals surface area contributed by atoms with E-state index >= 15 is 0 Å². The zero-order chi connectivity index (χ0) is 11.5. The molecular formula is C8H7F3N2O2. The monoisotopic (exact) mass is 220 g/mol. The molecule has 1 aromatic rings. The van der Waals surface area contributed by atoms with Crippen LogP contribution in [0, 0.1) is 0 Å². The number of rotatable bonds is 3. The number of carboxylic acid groups (broad SMARTS) is 1. The molecule has 15 heavy (non-hydrogen) atoms. The zero-order valence-corrected chi connectivity index (χ0v) is 7.45. The molecule has 0 saturated carbocycles. The molecule has 1 aromatic heterocycles. The first kappa shape index (κ1) is 11.4. The Hall–Kier alpha value is -1.66. The maximum absolute atomic E-state index is 11.8. The summed E-state index contributed by atoms with van der Waals surface area (Å²) in [5, 5.41) is 8.52. The van der Waals surface area contributed by atoms with Gasteiger partial charge in [-0.3, -0.25) is 0 Å². The molecule has 82 valence electrons. The Bertz CT molecular complexity index is 365. The van der Waals surface area contributed by atoms with Gasteiger partial charge in [-0.2, -0.15) is 13.2 Å². The van der Waals surface area contributed by atoms with Crippen molar-refractivity contribution in [1.82, 2.24) is 9.97 Å². The van der Waals surface area contributed by atoms with Gasteiger partial charge in [-0.25, -0.2) is 14.8 Å². The van der Waals surface area contributed by atoms with Crippen LogP contribution in [0.5, 0.6) is 0 Å². The van der Waals surface area contributed by atoms with Gasteiger partial charge >= 0.3 is 12.1 Å². The molecule has 0 fully saturated rings. The highest BCUT2D eigenvalue weighted by Gasteiger charge is 2.27. The second kappa shape index (κ2) is 4.24. The average Bonchev–Trinajstić information content (AvgIpc) is 2.14. The van der Waals surface area contributed by atoms with Crippen LogP contribution in [-0.2, 0) is 6.42 Å². The molecule has 0 aliphatic rings. The lowest BCUT2D eigenvalue weighted by Gasteiger charge is -2.04. The largest absolute Gasteiger partial charge is 0.477 e. The van der Waals surface area contributed by atoms with E-state index in [1.165, 1.54) is 0 Å². The number of aryl methyl sites for hydroxylation is 1. The van der Waals surface area contributed by atoms with Gasteiger partial charge < -0.3 is 5.11 Å². The molecule has 0 spiro atoms. The molecule has 0 atom stereocenters. The SMILES string of the molecule is O=C(O)c1ccnc(CCC(F)(F)F)n1. The van der Waals surface area contributed by atoms with Crippen LogP contribution < -0.4 is 0 Å². The Morgan fingerprint density at radius 1 is 1.47 bits per heavy atom. The van der Waals surface area contributed by atoms with Gasteiger partial charge in [0.25, 0.3) is 0 Å². The molecule has 0 amide bonds. The Kier molecular flexibility index (Phi) is 3.23. The standard InChI is InChI=1S/C8H7F3N2O2/c9-8(10,11)3-1-6-12-4-2-5(13-6)7(14)15/h2,4H,1,3H2,(H,14,15). The number of aromatic carboxylic acids is 1. The van der Waals surface area contributed by atoms with Crippen molar-refractivity contribution in [3.05, 3.63) is 23.8 Å². The first-order chi connectivity index (χ1) is 6.88. The number of aromatic nitrogens is 2. The summed E-state index contributed by atoms with van der Waals surface area (Å²) in [6.45, 7) is 0. The Morgan fingerprint density at radius 2 is 2.13 bits per heavy atom. The van der Waals surface area contributed by atoms with Gasteiger partial charge in [-0.15, -0.1) is 0 Å². The van der Waals surface area contributed by atoms with Crippen molar-refractivity contribution in [2.45, 2.75) is 19.0 Å². The smallest absolute Gasteiger partial charge is 0.389 e. The second-order valence-corrected chi connectivity index (χ2v) is 2.78. The third kappa shape index (κ3) is 3.92. The van der Waals surface area contributed by atoms with Crippen molar-refractivity contribution in [3.63, 3.8) is 0 Å². The molecule has 4 nitrogen and oxygen atoms in total. The molecule has 0 aliphatic heterocycles. The molecule has 0 bridgehead atoms. The fourth-order valence-electron chi connectivity index (χ4n) is 0.892. The summed E-state index contributed by atoms with van der Waals surface area (Å²) in [7, 11) is 0. The summed E-state index contributed by atoms with van der Waals surface area (Å²) in [6, 6.07) is 1.12. The van der Waals surface area contributed by atoms with Crippen molar-refractivity contribution >= 4 is 5.97 Å². The van der Waals surface area contributed by atoms with Gasteiger partial charge in [0.1, 0.15) is 5.82 Å². The minimum Gasteiger partial charge on any atom is -0.477 e. The van der Waals surface area contributed by atoms with Gasteiger partial charge in [-0.1, -0.05) is 0 Å². The molecule has 1 heterocycles. The number of nitrogens with zero attached hydrogens (tertiary/aromatic N) is 2. The summed E-state index contributed by atoms with van der Waals surface area (Å²) in [5.41, 5.74) is -0.304. The number of carbonyl (C=O) groups is 1. The number of carboxylic acids is 1. The third-order valence-electron chi connectivity index (χ3n) is 1.56. The molecule has 0 unspecified atom stereocenters. The van der Waals surface area contributed by atoms with Crippen LogP contribution in [0.2, 0.25) is 0 Å².